The lowest BCUT2D eigenvalue weighted by atomic mass is 9.96. The molecule has 0 atom stereocenters. The van der Waals surface area contributed by atoms with Crippen molar-refractivity contribution in [3.8, 4) is 5.75 Å². The van der Waals surface area contributed by atoms with Crippen molar-refractivity contribution >= 4 is 12.0 Å². The van der Waals surface area contributed by atoms with E-state index in [2.05, 4.69) is 11.7 Å². The van der Waals surface area contributed by atoms with Gasteiger partial charge in [-0.15, -0.1) is 0 Å². The maximum atomic E-state index is 11.2. The number of methoxy groups -OCH3 is 2. The van der Waals surface area contributed by atoms with Gasteiger partial charge in [0.15, 0.2) is 0 Å². The van der Waals surface area contributed by atoms with Crippen LogP contribution in [0.15, 0.2) is 23.8 Å². The Balaban J connectivity index is 3.13. The highest BCUT2D eigenvalue weighted by Crippen LogP contribution is 2.28. The highest BCUT2D eigenvalue weighted by Gasteiger charge is 2.08. The third-order valence-electron chi connectivity index (χ3n) is 3.39. The molecule has 0 aliphatic carbocycles. The molecule has 3 nitrogen and oxygen atoms in total. The largest absolute Gasteiger partial charge is 0.496 e. The molecule has 1 aromatic carbocycles. The molecule has 0 aliphatic rings. The zero-order chi connectivity index (χ0) is 15.3. The number of hydrogen-bond donors (Lipinski definition) is 0. The average Bonchev–Trinajstić information content (AvgIpc) is 2.42. The monoisotopic (exact) mass is 274 g/mol. The molecule has 0 fully saturated rings. The van der Waals surface area contributed by atoms with E-state index in [-0.39, 0.29) is 5.97 Å². The SMILES string of the molecule is COC(=O)/C=C(C)\C=C\c1c(C)cc(OC)c(C)c1C. The van der Waals surface area contributed by atoms with E-state index >= 15 is 0 Å². The molecular weight excluding hydrogens is 252 g/mol. The predicted octanol–water partition coefficient (Wildman–Crippen LogP) is 3.75. The fourth-order valence-corrected chi connectivity index (χ4v) is 2.04. The summed E-state index contributed by atoms with van der Waals surface area (Å²) in [6.45, 7) is 8.04. The highest BCUT2D eigenvalue weighted by atomic mass is 16.5. The maximum absolute atomic E-state index is 11.2. The van der Waals surface area contributed by atoms with E-state index in [0.717, 1.165) is 28.0 Å². The average molecular weight is 274 g/mol. The highest BCUT2D eigenvalue weighted by molar-refractivity contribution is 5.83. The van der Waals surface area contributed by atoms with Crippen molar-refractivity contribution in [1.29, 1.82) is 0 Å². The molecule has 0 saturated heterocycles. The summed E-state index contributed by atoms with van der Waals surface area (Å²) < 4.78 is 9.96. The maximum Gasteiger partial charge on any atom is 0.330 e. The van der Waals surface area contributed by atoms with Crippen molar-refractivity contribution in [3.63, 3.8) is 0 Å². The number of ether oxygens (including phenoxy) is 2. The van der Waals surface area contributed by atoms with Gasteiger partial charge in [0.2, 0.25) is 0 Å². The van der Waals surface area contributed by atoms with Crippen LogP contribution in [0.3, 0.4) is 0 Å². The minimum absolute atomic E-state index is 0.341. The number of carbonyl (C=O) groups excluding carboxylic acids is 1. The Bertz CT molecular complexity index is 566. The van der Waals surface area contributed by atoms with Crippen molar-refractivity contribution in [1.82, 2.24) is 0 Å². The van der Waals surface area contributed by atoms with Crippen molar-refractivity contribution in [2.24, 2.45) is 0 Å². The third-order valence-corrected chi connectivity index (χ3v) is 3.39. The van der Waals surface area contributed by atoms with E-state index in [1.165, 1.54) is 18.7 Å². The van der Waals surface area contributed by atoms with E-state index < -0.39 is 0 Å². The quantitative estimate of drug-likeness (QED) is 0.476. The number of carbonyl (C=O) groups is 1. The number of esters is 1. The first kappa shape index (κ1) is 16.0. The normalized spacial score (nSPS) is 11.8. The van der Waals surface area contributed by atoms with Crippen LogP contribution in [0.1, 0.15) is 29.2 Å². The second-order valence-corrected chi connectivity index (χ2v) is 4.80. The van der Waals surface area contributed by atoms with E-state index in [1.807, 2.05) is 39.0 Å². The first-order valence-electron chi connectivity index (χ1n) is 6.49. The molecule has 108 valence electrons. The van der Waals surface area contributed by atoms with Gasteiger partial charge in [0.25, 0.3) is 0 Å². The molecule has 1 aromatic rings. The number of benzene rings is 1. The molecule has 0 saturated carbocycles. The number of rotatable bonds is 4. The molecule has 0 radical (unpaired) electrons. The zero-order valence-corrected chi connectivity index (χ0v) is 13.0. The second-order valence-electron chi connectivity index (χ2n) is 4.80. The number of hydrogen-bond acceptors (Lipinski definition) is 3. The van der Waals surface area contributed by atoms with Crippen molar-refractivity contribution < 1.29 is 14.3 Å². The van der Waals surface area contributed by atoms with Gasteiger partial charge >= 0.3 is 5.97 Å². The molecule has 0 bridgehead atoms. The van der Waals surface area contributed by atoms with Crippen LogP contribution in [-0.4, -0.2) is 20.2 Å². The molecule has 3 heteroatoms. The molecule has 0 aromatic heterocycles. The first-order valence-corrected chi connectivity index (χ1v) is 6.49. The van der Waals surface area contributed by atoms with Gasteiger partial charge in [-0.25, -0.2) is 4.79 Å². The molecule has 0 N–H and O–H groups in total. The summed E-state index contributed by atoms with van der Waals surface area (Å²) in [5.74, 6) is 0.561. The summed E-state index contributed by atoms with van der Waals surface area (Å²) in [5, 5.41) is 0. The third kappa shape index (κ3) is 3.73. The van der Waals surface area contributed by atoms with E-state index in [9.17, 15) is 4.79 Å². The van der Waals surface area contributed by atoms with Crippen LogP contribution >= 0.6 is 0 Å². The molecule has 0 unspecified atom stereocenters. The van der Waals surface area contributed by atoms with Crippen LogP contribution in [0.2, 0.25) is 0 Å². The molecular formula is C17H22O3. The lowest BCUT2D eigenvalue weighted by Gasteiger charge is -2.13. The van der Waals surface area contributed by atoms with Crippen LogP contribution in [0.5, 0.6) is 5.75 Å². The fraction of sp³-hybridized carbons (Fsp3) is 0.353. The Morgan fingerprint density at radius 1 is 1.15 bits per heavy atom. The summed E-state index contributed by atoms with van der Waals surface area (Å²) in [6, 6.07) is 2.03. The summed E-state index contributed by atoms with van der Waals surface area (Å²) >= 11 is 0. The molecule has 20 heavy (non-hydrogen) atoms. The predicted molar refractivity (Wildman–Crippen MR) is 82.0 cm³/mol. The summed E-state index contributed by atoms with van der Waals surface area (Å²) in [6.07, 6.45) is 5.40. The number of allylic oxidation sites excluding steroid dienone is 2. The Morgan fingerprint density at radius 3 is 2.35 bits per heavy atom. The van der Waals surface area contributed by atoms with Crippen LogP contribution in [0, 0.1) is 20.8 Å². The van der Waals surface area contributed by atoms with Crippen LogP contribution < -0.4 is 4.74 Å². The van der Waals surface area contributed by atoms with Crippen molar-refractivity contribution in [3.05, 3.63) is 46.0 Å². The molecule has 0 heterocycles. The van der Waals surface area contributed by atoms with Crippen molar-refractivity contribution in [2.45, 2.75) is 27.7 Å². The smallest absolute Gasteiger partial charge is 0.330 e. The summed E-state index contributed by atoms with van der Waals surface area (Å²) in [4.78, 5) is 11.2. The lowest BCUT2D eigenvalue weighted by Crippen LogP contribution is -1.96. The first-order chi connectivity index (χ1) is 9.40. The Morgan fingerprint density at radius 2 is 1.80 bits per heavy atom. The topological polar surface area (TPSA) is 35.5 Å². The van der Waals surface area contributed by atoms with Gasteiger partial charge in [0.1, 0.15) is 5.75 Å². The lowest BCUT2D eigenvalue weighted by molar-refractivity contribution is -0.134. The van der Waals surface area contributed by atoms with Crippen LogP contribution in [0.25, 0.3) is 6.08 Å². The summed E-state index contributed by atoms with van der Waals surface area (Å²) in [7, 11) is 3.05. The van der Waals surface area contributed by atoms with E-state index in [0.29, 0.717) is 0 Å². The van der Waals surface area contributed by atoms with Crippen LogP contribution in [0.4, 0.5) is 0 Å². The zero-order valence-electron chi connectivity index (χ0n) is 13.0. The Kier molecular flexibility index (Phi) is 5.56. The fourth-order valence-electron chi connectivity index (χ4n) is 2.04. The standard InChI is InChI=1S/C17H22O3/c1-11(9-17(18)20-6)7-8-15-12(2)10-16(19-5)14(4)13(15)3/h7-10H,1-6H3/b8-7+,11-9-. The molecule has 1 rings (SSSR count). The van der Waals surface area contributed by atoms with Gasteiger partial charge in [-0.2, -0.15) is 0 Å². The van der Waals surface area contributed by atoms with E-state index in [1.54, 1.807) is 7.11 Å². The minimum atomic E-state index is -0.341. The number of aryl methyl sites for hydroxylation is 1. The molecule has 0 aliphatic heterocycles. The van der Waals surface area contributed by atoms with E-state index in [4.69, 9.17) is 4.74 Å². The molecule has 0 amide bonds. The van der Waals surface area contributed by atoms with Gasteiger partial charge < -0.3 is 9.47 Å². The van der Waals surface area contributed by atoms with Crippen molar-refractivity contribution in [2.75, 3.05) is 14.2 Å². The molecule has 0 spiro atoms. The minimum Gasteiger partial charge on any atom is -0.496 e. The van der Waals surface area contributed by atoms with Gasteiger partial charge in [-0.1, -0.05) is 12.2 Å². The second kappa shape index (κ2) is 6.94. The Labute approximate surface area is 120 Å². The van der Waals surface area contributed by atoms with Crippen LogP contribution in [-0.2, 0) is 9.53 Å². The van der Waals surface area contributed by atoms with Gasteiger partial charge in [0, 0.05) is 6.08 Å². The summed E-state index contributed by atoms with van der Waals surface area (Å²) in [5.41, 5.74) is 5.47. The van der Waals surface area contributed by atoms with Gasteiger partial charge in [-0.05, 0) is 61.6 Å². The van der Waals surface area contributed by atoms with Gasteiger partial charge in [0.05, 0.1) is 14.2 Å². The Hall–Kier alpha value is -2.03. The van der Waals surface area contributed by atoms with Gasteiger partial charge in [-0.3, -0.25) is 0 Å².